The summed E-state index contributed by atoms with van der Waals surface area (Å²) in [6, 6.07) is 2.27. The highest BCUT2D eigenvalue weighted by Gasteiger charge is 2.20. The minimum Gasteiger partial charge on any atom is -0.360 e. The molecule has 1 amide bonds. The van der Waals surface area contributed by atoms with Gasteiger partial charge in [0.25, 0.3) is 0 Å². The number of carbonyl (C=O) groups is 1. The summed E-state index contributed by atoms with van der Waals surface area (Å²) in [7, 11) is 0. The molecule has 0 aliphatic heterocycles. The Balaban J connectivity index is 1.52. The van der Waals surface area contributed by atoms with Crippen LogP contribution in [0, 0.1) is 0 Å². The molecule has 1 fully saturated rings. The number of rotatable bonds is 7. The van der Waals surface area contributed by atoms with Crippen molar-refractivity contribution in [1.29, 1.82) is 0 Å². The Morgan fingerprint density at radius 3 is 3.04 bits per heavy atom. The molecule has 2 N–H and O–H groups in total. The molecule has 0 saturated heterocycles. The SMILES string of the molecule is CCNc1nnc(SCC(=O)Nc2ccnn2C2CCCC2)s1. The monoisotopic (exact) mass is 352 g/mol. The van der Waals surface area contributed by atoms with Crippen molar-refractivity contribution in [3.05, 3.63) is 12.3 Å². The summed E-state index contributed by atoms with van der Waals surface area (Å²) in [5.74, 6) is 1.06. The smallest absolute Gasteiger partial charge is 0.235 e. The number of anilines is 2. The average Bonchev–Trinajstić information content (AvgIpc) is 3.27. The van der Waals surface area contributed by atoms with Crippen molar-refractivity contribution in [3.8, 4) is 0 Å². The third kappa shape index (κ3) is 4.23. The van der Waals surface area contributed by atoms with Crippen molar-refractivity contribution < 1.29 is 4.79 Å². The fourth-order valence-corrected chi connectivity index (χ4v) is 4.27. The summed E-state index contributed by atoms with van der Waals surface area (Å²) in [5.41, 5.74) is 0. The number of thioether (sulfide) groups is 1. The first kappa shape index (κ1) is 16.3. The number of hydrogen-bond acceptors (Lipinski definition) is 7. The summed E-state index contributed by atoms with van der Waals surface area (Å²) in [6.45, 7) is 2.82. The standard InChI is InChI=1S/C14H20N6OS2/c1-2-15-13-18-19-14(23-13)22-9-12(21)17-11-7-8-16-20(11)10-5-3-4-6-10/h7-8,10H,2-6,9H2,1H3,(H,15,18)(H,17,21). The summed E-state index contributed by atoms with van der Waals surface area (Å²) in [5, 5.41) is 19.3. The first-order chi connectivity index (χ1) is 11.3. The van der Waals surface area contributed by atoms with Gasteiger partial charge >= 0.3 is 0 Å². The molecule has 0 bridgehead atoms. The Labute approximate surface area is 143 Å². The molecule has 1 aliphatic rings. The molecule has 0 spiro atoms. The number of hydrogen-bond donors (Lipinski definition) is 2. The van der Waals surface area contributed by atoms with Gasteiger partial charge in [-0.15, -0.1) is 10.2 Å². The molecule has 124 valence electrons. The average molecular weight is 352 g/mol. The second-order valence-corrected chi connectivity index (χ2v) is 7.54. The molecule has 2 aromatic rings. The van der Waals surface area contributed by atoms with Gasteiger partial charge in [0.2, 0.25) is 11.0 Å². The fourth-order valence-electron chi connectivity index (χ4n) is 2.65. The molecular formula is C14H20N6OS2. The Hall–Kier alpha value is -1.61. The molecule has 2 heterocycles. The van der Waals surface area contributed by atoms with E-state index in [0.29, 0.717) is 11.8 Å². The molecule has 0 atom stereocenters. The Kier molecular flexibility index (Phi) is 5.50. The third-order valence-corrected chi connectivity index (χ3v) is 5.68. The first-order valence-electron chi connectivity index (χ1n) is 7.80. The molecule has 0 aromatic carbocycles. The van der Waals surface area contributed by atoms with E-state index in [1.54, 1.807) is 6.20 Å². The highest BCUT2D eigenvalue weighted by Crippen LogP contribution is 2.31. The molecule has 23 heavy (non-hydrogen) atoms. The quantitative estimate of drug-likeness (QED) is 0.745. The fraction of sp³-hybridized carbons (Fsp3) is 0.571. The lowest BCUT2D eigenvalue weighted by Crippen LogP contribution is -2.19. The van der Waals surface area contributed by atoms with Crippen LogP contribution in [0.3, 0.4) is 0 Å². The summed E-state index contributed by atoms with van der Waals surface area (Å²) in [4.78, 5) is 12.2. The van der Waals surface area contributed by atoms with E-state index in [1.165, 1.54) is 35.9 Å². The van der Waals surface area contributed by atoms with Gasteiger partial charge in [0.05, 0.1) is 18.0 Å². The van der Waals surface area contributed by atoms with Crippen LogP contribution in [0.4, 0.5) is 10.9 Å². The van der Waals surface area contributed by atoms with Crippen LogP contribution >= 0.6 is 23.1 Å². The zero-order valence-electron chi connectivity index (χ0n) is 13.0. The second kappa shape index (κ2) is 7.78. The molecule has 9 heteroatoms. The van der Waals surface area contributed by atoms with Crippen LogP contribution < -0.4 is 10.6 Å². The number of nitrogens with zero attached hydrogens (tertiary/aromatic N) is 4. The highest BCUT2D eigenvalue weighted by atomic mass is 32.2. The van der Waals surface area contributed by atoms with Crippen molar-refractivity contribution in [2.45, 2.75) is 43.0 Å². The van der Waals surface area contributed by atoms with Crippen molar-refractivity contribution in [2.24, 2.45) is 0 Å². The van der Waals surface area contributed by atoms with Crippen LogP contribution in [-0.4, -0.2) is 38.2 Å². The molecule has 0 radical (unpaired) electrons. The first-order valence-corrected chi connectivity index (χ1v) is 9.60. The lowest BCUT2D eigenvalue weighted by molar-refractivity contribution is -0.113. The highest BCUT2D eigenvalue weighted by molar-refractivity contribution is 8.01. The van der Waals surface area contributed by atoms with Gasteiger partial charge in [0.1, 0.15) is 5.82 Å². The Morgan fingerprint density at radius 2 is 2.26 bits per heavy atom. The minimum atomic E-state index is -0.0463. The van der Waals surface area contributed by atoms with Gasteiger partial charge in [-0.1, -0.05) is 35.9 Å². The van der Waals surface area contributed by atoms with Gasteiger partial charge < -0.3 is 10.6 Å². The Bertz CT molecular complexity index is 649. The lowest BCUT2D eigenvalue weighted by Gasteiger charge is -2.14. The van der Waals surface area contributed by atoms with Gasteiger partial charge in [-0.3, -0.25) is 4.79 Å². The third-order valence-electron chi connectivity index (χ3n) is 3.67. The molecular weight excluding hydrogens is 332 g/mol. The van der Waals surface area contributed by atoms with Gasteiger partial charge in [0.15, 0.2) is 4.34 Å². The van der Waals surface area contributed by atoms with Crippen LogP contribution in [0.1, 0.15) is 38.6 Å². The minimum absolute atomic E-state index is 0.0463. The van der Waals surface area contributed by atoms with E-state index in [2.05, 4.69) is 25.9 Å². The normalized spacial score (nSPS) is 15.0. The van der Waals surface area contributed by atoms with Crippen LogP contribution in [0.15, 0.2) is 16.6 Å². The van der Waals surface area contributed by atoms with Gasteiger partial charge in [0, 0.05) is 12.6 Å². The molecule has 7 nitrogen and oxygen atoms in total. The topological polar surface area (TPSA) is 84.7 Å². The van der Waals surface area contributed by atoms with E-state index in [1.807, 2.05) is 17.7 Å². The maximum absolute atomic E-state index is 12.2. The molecule has 3 rings (SSSR count). The maximum Gasteiger partial charge on any atom is 0.235 e. The van der Waals surface area contributed by atoms with Crippen molar-refractivity contribution in [3.63, 3.8) is 0 Å². The van der Waals surface area contributed by atoms with Gasteiger partial charge in [-0.2, -0.15) is 5.10 Å². The number of carbonyl (C=O) groups excluding carboxylic acids is 1. The molecule has 1 saturated carbocycles. The number of aromatic nitrogens is 4. The van der Waals surface area contributed by atoms with Crippen molar-refractivity contribution in [1.82, 2.24) is 20.0 Å². The van der Waals surface area contributed by atoms with Crippen LogP contribution in [-0.2, 0) is 4.79 Å². The molecule has 2 aromatic heterocycles. The Morgan fingerprint density at radius 1 is 1.43 bits per heavy atom. The van der Waals surface area contributed by atoms with E-state index < -0.39 is 0 Å². The molecule has 1 aliphatic carbocycles. The maximum atomic E-state index is 12.2. The van der Waals surface area contributed by atoms with Crippen LogP contribution in [0.2, 0.25) is 0 Å². The zero-order valence-corrected chi connectivity index (χ0v) is 14.6. The van der Waals surface area contributed by atoms with Gasteiger partial charge in [-0.25, -0.2) is 4.68 Å². The van der Waals surface area contributed by atoms with Crippen LogP contribution in [0.5, 0.6) is 0 Å². The van der Waals surface area contributed by atoms with E-state index in [4.69, 9.17) is 0 Å². The zero-order chi connectivity index (χ0) is 16.1. The van der Waals surface area contributed by atoms with Crippen molar-refractivity contribution >= 4 is 40.0 Å². The number of amides is 1. The van der Waals surface area contributed by atoms with Crippen LogP contribution in [0.25, 0.3) is 0 Å². The van der Waals surface area contributed by atoms with E-state index in [-0.39, 0.29) is 5.91 Å². The lowest BCUT2D eigenvalue weighted by atomic mass is 10.2. The van der Waals surface area contributed by atoms with Crippen molar-refractivity contribution in [2.75, 3.05) is 22.9 Å². The van der Waals surface area contributed by atoms with E-state index >= 15 is 0 Å². The predicted octanol–water partition coefficient (Wildman–Crippen LogP) is 3.01. The summed E-state index contributed by atoms with van der Waals surface area (Å²) >= 11 is 2.86. The second-order valence-electron chi connectivity index (χ2n) is 5.34. The van der Waals surface area contributed by atoms with Gasteiger partial charge in [-0.05, 0) is 19.8 Å². The molecule has 0 unspecified atom stereocenters. The van der Waals surface area contributed by atoms with E-state index in [9.17, 15) is 4.79 Å². The summed E-state index contributed by atoms with van der Waals surface area (Å²) < 4.78 is 2.74. The largest absolute Gasteiger partial charge is 0.360 e. The number of nitrogens with one attached hydrogen (secondary N) is 2. The summed E-state index contributed by atoms with van der Waals surface area (Å²) in [6.07, 6.45) is 6.49. The predicted molar refractivity (Wildman–Crippen MR) is 93.2 cm³/mol. The van der Waals surface area contributed by atoms with E-state index in [0.717, 1.165) is 34.7 Å².